The summed E-state index contributed by atoms with van der Waals surface area (Å²) < 4.78 is 14.9. The monoisotopic (exact) mass is 193 g/mol. The third-order valence-electron chi connectivity index (χ3n) is 1.53. The number of hydrogen-bond donors (Lipinski definition) is 1. The second-order valence-electron chi connectivity index (χ2n) is 2.59. The van der Waals surface area contributed by atoms with Crippen LogP contribution >= 0.6 is 0 Å². The highest BCUT2D eigenvalue weighted by Gasteiger charge is 2.14. The molecular formula is C8H19NO4. The number of hydrogen-bond acceptors (Lipinski definition) is 5. The summed E-state index contributed by atoms with van der Waals surface area (Å²) in [5.74, 6) is 0. The number of ether oxygens (including phenoxy) is 3. The van der Waals surface area contributed by atoms with E-state index >= 15 is 0 Å². The van der Waals surface area contributed by atoms with E-state index in [9.17, 15) is 0 Å². The minimum Gasteiger partial charge on any atom is -0.382 e. The van der Waals surface area contributed by atoms with Crippen LogP contribution in [0, 0.1) is 0 Å². The second kappa shape index (κ2) is 8.40. The molecule has 1 N–H and O–H groups in total. The van der Waals surface area contributed by atoms with Gasteiger partial charge in [0.25, 0.3) is 0 Å². The Labute approximate surface area is 79.3 Å². The van der Waals surface area contributed by atoms with Gasteiger partial charge >= 0.3 is 0 Å². The molecule has 0 spiro atoms. The molecular weight excluding hydrogens is 174 g/mol. The summed E-state index contributed by atoms with van der Waals surface area (Å²) in [5.41, 5.74) is 2.79. The third kappa shape index (κ3) is 5.95. The van der Waals surface area contributed by atoms with Crippen LogP contribution in [0.5, 0.6) is 0 Å². The van der Waals surface area contributed by atoms with Crippen LogP contribution in [-0.4, -0.2) is 46.9 Å². The van der Waals surface area contributed by atoms with Gasteiger partial charge in [0.15, 0.2) is 6.29 Å². The number of nitrogens with one attached hydrogen (secondary N) is 1. The molecule has 0 aromatic carbocycles. The molecule has 0 amide bonds. The predicted octanol–water partition coefficient (Wildman–Crippen LogP) is 0.161. The molecule has 13 heavy (non-hydrogen) atoms. The Morgan fingerprint density at radius 3 is 2.15 bits per heavy atom. The summed E-state index contributed by atoms with van der Waals surface area (Å²) in [6.07, 6.45) is -0.303. The fourth-order valence-electron chi connectivity index (χ4n) is 0.875. The fraction of sp³-hybridized carbons (Fsp3) is 1.00. The third-order valence-corrected chi connectivity index (χ3v) is 1.53. The SMILES string of the molecule is COCCONC(C)C(OC)OC. The lowest BCUT2D eigenvalue weighted by Gasteiger charge is -2.21. The summed E-state index contributed by atoms with van der Waals surface area (Å²) >= 11 is 0. The lowest BCUT2D eigenvalue weighted by Crippen LogP contribution is -2.40. The molecule has 5 nitrogen and oxygen atoms in total. The Morgan fingerprint density at radius 1 is 1.08 bits per heavy atom. The zero-order valence-corrected chi connectivity index (χ0v) is 8.70. The quantitative estimate of drug-likeness (QED) is 0.338. The van der Waals surface area contributed by atoms with Gasteiger partial charge in [0, 0.05) is 21.3 Å². The van der Waals surface area contributed by atoms with Gasteiger partial charge in [-0.1, -0.05) is 0 Å². The van der Waals surface area contributed by atoms with Gasteiger partial charge in [0.2, 0.25) is 0 Å². The molecule has 0 saturated heterocycles. The molecule has 0 aromatic heterocycles. The van der Waals surface area contributed by atoms with E-state index in [1.807, 2.05) is 6.92 Å². The highest BCUT2D eigenvalue weighted by Crippen LogP contribution is 1.97. The molecule has 0 heterocycles. The first-order chi connectivity index (χ1) is 6.26. The first kappa shape index (κ1) is 12.8. The minimum atomic E-state index is -0.303. The molecule has 0 fully saturated rings. The first-order valence-corrected chi connectivity index (χ1v) is 4.18. The Bertz CT molecular complexity index is 108. The van der Waals surface area contributed by atoms with Crippen molar-refractivity contribution in [2.24, 2.45) is 0 Å². The number of rotatable bonds is 8. The molecule has 0 aliphatic carbocycles. The van der Waals surface area contributed by atoms with Gasteiger partial charge in [-0.15, -0.1) is 0 Å². The van der Waals surface area contributed by atoms with E-state index in [0.717, 1.165) is 0 Å². The van der Waals surface area contributed by atoms with E-state index in [0.29, 0.717) is 13.2 Å². The number of methoxy groups -OCH3 is 3. The average Bonchev–Trinajstić information content (AvgIpc) is 2.14. The summed E-state index contributed by atoms with van der Waals surface area (Å²) in [4.78, 5) is 5.09. The maximum absolute atomic E-state index is 5.09. The lowest BCUT2D eigenvalue weighted by molar-refractivity contribution is -0.148. The van der Waals surface area contributed by atoms with Crippen molar-refractivity contribution in [2.75, 3.05) is 34.5 Å². The molecule has 5 heteroatoms. The Balaban J connectivity index is 3.42. The van der Waals surface area contributed by atoms with Crippen molar-refractivity contribution in [1.29, 1.82) is 0 Å². The van der Waals surface area contributed by atoms with Gasteiger partial charge in [-0.05, 0) is 6.92 Å². The van der Waals surface area contributed by atoms with Gasteiger partial charge in [0.1, 0.15) is 0 Å². The topological polar surface area (TPSA) is 49.0 Å². The summed E-state index contributed by atoms with van der Waals surface area (Å²) in [7, 11) is 4.79. The maximum Gasteiger partial charge on any atom is 0.173 e. The molecule has 0 aliphatic heterocycles. The van der Waals surface area contributed by atoms with E-state index in [-0.39, 0.29) is 12.3 Å². The zero-order chi connectivity index (χ0) is 10.1. The smallest absolute Gasteiger partial charge is 0.173 e. The normalized spacial score (nSPS) is 13.6. The predicted molar refractivity (Wildman–Crippen MR) is 48.2 cm³/mol. The van der Waals surface area contributed by atoms with Gasteiger partial charge < -0.3 is 14.2 Å². The van der Waals surface area contributed by atoms with Crippen molar-refractivity contribution < 1.29 is 19.0 Å². The molecule has 0 rings (SSSR count). The Morgan fingerprint density at radius 2 is 1.69 bits per heavy atom. The van der Waals surface area contributed by atoms with Crippen LogP contribution in [0.15, 0.2) is 0 Å². The van der Waals surface area contributed by atoms with Crippen molar-refractivity contribution in [3.8, 4) is 0 Å². The molecule has 0 aromatic rings. The molecule has 1 atom stereocenters. The van der Waals surface area contributed by atoms with Crippen LogP contribution in [0.1, 0.15) is 6.92 Å². The van der Waals surface area contributed by atoms with Crippen LogP contribution < -0.4 is 5.48 Å². The zero-order valence-electron chi connectivity index (χ0n) is 8.70. The fourth-order valence-corrected chi connectivity index (χ4v) is 0.875. The van der Waals surface area contributed by atoms with Gasteiger partial charge in [-0.2, -0.15) is 5.48 Å². The van der Waals surface area contributed by atoms with Crippen molar-refractivity contribution in [1.82, 2.24) is 5.48 Å². The molecule has 0 bridgehead atoms. The minimum absolute atomic E-state index is 0.0214. The molecule has 1 unspecified atom stereocenters. The summed E-state index contributed by atoms with van der Waals surface area (Å²) in [5, 5.41) is 0. The summed E-state index contributed by atoms with van der Waals surface area (Å²) in [6.45, 7) is 2.97. The van der Waals surface area contributed by atoms with Crippen molar-refractivity contribution in [3.05, 3.63) is 0 Å². The Hall–Kier alpha value is -0.200. The van der Waals surface area contributed by atoms with E-state index in [2.05, 4.69) is 5.48 Å². The standard InChI is InChI=1S/C8H19NO4/c1-7(8(11-3)12-4)9-13-6-5-10-2/h7-9H,5-6H2,1-4H3. The summed E-state index contributed by atoms with van der Waals surface area (Å²) in [6, 6.07) is -0.0214. The van der Waals surface area contributed by atoms with Crippen molar-refractivity contribution >= 4 is 0 Å². The highest BCUT2D eigenvalue weighted by atomic mass is 16.7. The first-order valence-electron chi connectivity index (χ1n) is 4.18. The highest BCUT2D eigenvalue weighted by molar-refractivity contribution is 4.58. The van der Waals surface area contributed by atoms with Crippen molar-refractivity contribution in [2.45, 2.75) is 19.3 Å². The van der Waals surface area contributed by atoms with Crippen LogP contribution in [0.4, 0.5) is 0 Å². The van der Waals surface area contributed by atoms with Gasteiger partial charge in [-0.3, -0.25) is 4.84 Å². The second-order valence-corrected chi connectivity index (χ2v) is 2.59. The van der Waals surface area contributed by atoms with E-state index in [1.165, 1.54) is 0 Å². The van der Waals surface area contributed by atoms with Gasteiger partial charge in [-0.25, -0.2) is 0 Å². The molecule has 0 saturated carbocycles. The van der Waals surface area contributed by atoms with Crippen LogP contribution in [0.2, 0.25) is 0 Å². The molecule has 0 aliphatic rings. The van der Waals surface area contributed by atoms with Crippen LogP contribution in [-0.2, 0) is 19.0 Å². The maximum atomic E-state index is 5.09. The molecule has 0 radical (unpaired) electrons. The van der Waals surface area contributed by atoms with E-state index in [1.54, 1.807) is 21.3 Å². The lowest BCUT2D eigenvalue weighted by atomic mass is 10.3. The Kier molecular flexibility index (Phi) is 8.27. The number of hydroxylamine groups is 1. The average molecular weight is 193 g/mol. The molecule has 80 valence electrons. The van der Waals surface area contributed by atoms with E-state index in [4.69, 9.17) is 19.0 Å². The van der Waals surface area contributed by atoms with Gasteiger partial charge in [0.05, 0.1) is 19.3 Å². The van der Waals surface area contributed by atoms with Crippen LogP contribution in [0.3, 0.4) is 0 Å². The van der Waals surface area contributed by atoms with E-state index < -0.39 is 0 Å². The van der Waals surface area contributed by atoms with Crippen molar-refractivity contribution in [3.63, 3.8) is 0 Å². The largest absolute Gasteiger partial charge is 0.382 e. The van der Waals surface area contributed by atoms with Crippen LogP contribution in [0.25, 0.3) is 0 Å².